The van der Waals surface area contributed by atoms with E-state index in [0.29, 0.717) is 58.4 Å². The first-order chi connectivity index (χ1) is 49.5. The van der Waals surface area contributed by atoms with Gasteiger partial charge >= 0.3 is 0 Å². The number of nitrogens with one attached hydrogen (secondary N) is 5. The maximum absolute atomic E-state index is 13.3. The van der Waals surface area contributed by atoms with Gasteiger partial charge in [0.05, 0.1) is 49.3 Å². The fraction of sp³-hybridized carbons (Fsp3) is 0.382. The van der Waals surface area contributed by atoms with Gasteiger partial charge in [0.15, 0.2) is 12.4 Å². The average molecular weight is 1400 g/mol. The first kappa shape index (κ1) is 78.6. The van der Waals surface area contributed by atoms with Gasteiger partial charge in [-0.2, -0.15) is 0 Å². The van der Waals surface area contributed by atoms with Crippen LogP contribution in [0.4, 0.5) is 23.0 Å². The predicted molar refractivity (Wildman–Crippen MR) is 380 cm³/mol. The Labute approximate surface area is 591 Å². The van der Waals surface area contributed by atoms with E-state index in [1.165, 1.54) is 0 Å². The van der Waals surface area contributed by atoms with E-state index in [0.717, 1.165) is 56.1 Å². The predicted octanol–water partition coefficient (Wildman–Crippen LogP) is 5.41. The van der Waals surface area contributed by atoms with Crippen LogP contribution in [0.3, 0.4) is 0 Å². The van der Waals surface area contributed by atoms with Gasteiger partial charge in [0.1, 0.15) is 67.1 Å². The molecule has 26 nitrogen and oxygen atoms in total. The van der Waals surface area contributed by atoms with Gasteiger partial charge in [0.25, 0.3) is 11.8 Å². The van der Waals surface area contributed by atoms with E-state index < -0.39 is 129 Å². The number of carbonyl (C=O) groups excluding carboxylic acids is 3. The second-order valence-corrected chi connectivity index (χ2v) is 24.8. The Bertz CT molecular complexity index is 3720. The summed E-state index contributed by atoms with van der Waals surface area (Å²) in [6.45, 7) is -1.82. The van der Waals surface area contributed by atoms with Crippen molar-refractivity contribution in [2.24, 2.45) is 0 Å². The molecule has 0 radical (unpaired) electrons. The van der Waals surface area contributed by atoms with Gasteiger partial charge in [-0.15, -0.1) is 0 Å². The Morgan fingerprint density at radius 1 is 0.461 bits per heavy atom. The fourth-order valence-corrected chi connectivity index (χ4v) is 12.0. The van der Waals surface area contributed by atoms with E-state index in [-0.39, 0.29) is 12.5 Å². The van der Waals surface area contributed by atoms with Crippen LogP contribution in [0.5, 0.6) is 0 Å². The molecule has 1 saturated heterocycles. The molecule has 544 valence electrons. The molecule has 4 aromatic heterocycles. The van der Waals surface area contributed by atoms with Crippen LogP contribution in [0, 0.1) is 0 Å². The molecule has 17 N–H and O–H groups in total. The standard InChI is InChI=1S/C43H57N5O9.C33H36N4O8/c49-28-33(50)39(53)40(54)41(55)42(56)43(57)46-27-15-6-4-2-1-3-5-10-24-35(51)47-31-21-12-11-20-30(31)37(48-34-23-14-17-26-45-34)36(32-22-13-16-25-44-32)38(52)29-18-8-7-9-19-29;38-18-24-30(41)31(42)32(43)33(45-24)44-19-26(39)36-22-13-5-4-12-21(22)28(37-25-15-7-9-17-35-25)27(23-14-6-8-16-34-23)29(40)20-10-2-1-3-11-20/h7-9,11-14,16-23,25-26,33,36-42,49-50,52-56H,1-6,10,15,24,27-28H2,(H,45,48)(H,46,57)(H,47,51);1-17,24,27-33,38,40-43H,18-19H2,(H,35,37)(H,36,39)/t33-,36+,37-,38?,39-,40+,41-,42-;24-,27+,28-,29-,30-,31+,32-,33-/m11/s1. The van der Waals surface area contributed by atoms with Crippen LogP contribution in [0.15, 0.2) is 207 Å². The molecule has 0 bridgehead atoms. The third-order valence-corrected chi connectivity index (χ3v) is 17.5. The molecule has 8 aromatic rings. The minimum atomic E-state index is -2.05. The summed E-state index contributed by atoms with van der Waals surface area (Å²) in [7, 11) is 0. The van der Waals surface area contributed by atoms with Crippen molar-refractivity contribution in [3.63, 3.8) is 0 Å². The summed E-state index contributed by atoms with van der Waals surface area (Å²) < 4.78 is 10.8. The largest absolute Gasteiger partial charge is 0.394 e. The number of nitrogens with zero attached hydrogens (tertiary/aromatic N) is 4. The molecule has 9 rings (SSSR count). The highest BCUT2D eigenvalue weighted by atomic mass is 16.7. The number of carbonyl (C=O) groups is 3. The second-order valence-electron chi connectivity index (χ2n) is 24.8. The van der Waals surface area contributed by atoms with Crippen LogP contribution in [-0.2, 0) is 23.9 Å². The number of hydrogen-bond acceptors (Lipinski definition) is 23. The van der Waals surface area contributed by atoms with E-state index in [4.69, 9.17) is 14.6 Å². The lowest BCUT2D eigenvalue weighted by atomic mass is 9.82. The zero-order chi connectivity index (χ0) is 72.8. The number of para-hydroxylation sites is 2. The first-order valence-electron chi connectivity index (χ1n) is 34.1. The number of aliphatic hydroxyl groups is 12. The third-order valence-electron chi connectivity index (χ3n) is 17.5. The Morgan fingerprint density at radius 3 is 1.36 bits per heavy atom. The monoisotopic (exact) mass is 1400 g/mol. The van der Waals surface area contributed by atoms with E-state index in [9.17, 15) is 70.6 Å². The Kier molecular flexibility index (Phi) is 31.7. The summed E-state index contributed by atoms with van der Waals surface area (Å²) in [6.07, 6.45) is -5.24. The van der Waals surface area contributed by atoms with Crippen molar-refractivity contribution >= 4 is 40.7 Å². The minimum absolute atomic E-state index is 0.106. The van der Waals surface area contributed by atoms with Gasteiger partial charge in [-0.3, -0.25) is 24.4 Å². The zero-order valence-corrected chi connectivity index (χ0v) is 56.3. The first-order valence-corrected chi connectivity index (χ1v) is 34.1. The van der Waals surface area contributed by atoms with E-state index in [2.05, 4.69) is 46.5 Å². The van der Waals surface area contributed by atoms with Crippen LogP contribution in [0.1, 0.15) is 128 Å². The van der Waals surface area contributed by atoms with E-state index >= 15 is 0 Å². The van der Waals surface area contributed by atoms with Crippen LogP contribution >= 0.6 is 0 Å². The maximum atomic E-state index is 13.3. The summed E-state index contributed by atoms with van der Waals surface area (Å²) in [5.41, 5.74) is 5.14. The number of unbranched alkanes of at least 4 members (excludes halogenated alkanes) is 7. The smallest absolute Gasteiger partial charge is 0.251 e. The van der Waals surface area contributed by atoms with Crippen LogP contribution in [0.2, 0.25) is 0 Å². The van der Waals surface area contributed by atoms with E-state index in [1.54, 1.807) is 55.1 Å². The molecular weight excluding hydrogens is 1310 g/mol. The number of pyridine rings is 4. The fourth-order valence-electron chi connectivity index (χ4n) is 12.0. The topological polar surface area (TPSA) is 424 Å². The van der Waals surface area contributed by atoms with Crippen molar-refractivity contribution in [1.29, 1.82) is 0 Å². The van der Waals surface area contributed by atoms with Gasteiger partial charge in [0.2, 0.25) is 5.91 Å². The molecule has 1 aliphatic heterocycles. The number of amides is 3. The van der Waals surface area contributed by atoms with Crippen molar-refractivity contribution in [3.8, 4) is 0 Å². The molecule has 1 fully saturated rings. The van der Waals surface area contributed by atoms with Crippen LogP contribution < -0.4 is 26.6 Å². The molecule has 4 aromatic carbocycles. The Morgan fingerprint density at radius 2 is 0.902 bits per heavy atom. The average Bonchev–Trinajstić information content (AvgIpc) is 0.793. The number of benzene rings is 4. The van der Waals surface area contributed by atoms with Crippen molar-refractivity contribution in [2.75, 3.05) is 47.6 Å². The quantitative estimate of drug-likeness (QED) is 0.0216. The van der Waals surface area contributed by atoms with Gasteiger partial charge in [-0.1, -0.05) is 160 Å². The van der Waals surface area contributed by atoms with Gasteiger partial charge < -0.3 is 97.3 Å². The lowest BCUT2D eigenvalue weighted by molar-refractivity contribution is -0.299. The number of anilines is 4. The van der Waals surface area contributed by atoms with Gasteiger partial charge in [0, 0.05) is 60.5 Å². The molecular formula is C76H93N9O17. The summed E-state index contributed by atoms with van der Waals surface area (Å²) in [4.78, 5) is 56.8. The maximum Gasteiger partial charge on any atom is 0.251 e. The van der Waals surface area contributed by atoms with Crippen LogP contribution in [-0.4, -0.2) is 187 Å². The molecule has 0 saturated carbocycles. The molecule has 102 heavy (non-hydrogen) atoms. The molecule has 3 amide bonds. The number of hydrogen-bond donors (Lipinski definition) is 17. The summed E-state index contributed by atoms with van der Waals surface area (Å²) in [5, 5.41) is 137. The van der Waals surface area contributed by atoms with Crippen molar-refractivity contribution in [3.05, 3.63) is 240 Å². The summed E-state index contributed by atoms with van der Waals surface area (Å²) >= 11 is 0. The third kappa shape index (κ3) is 22.7. The molecule has 5 heterocycles. The molecule has 26 heteroatoms. The van der Waals surface area contributed by atoms with Gasteiger partial charge in [-0.05, 0) is 95.8 Å². The van der Waals surface area contributed by atoms with E-state index in [1.807, 2.05) is 152 Å². The molecule has 0 spiro atoms. The second kappa shape index (κ2) is 41.1. The van der Waals surface area contributed by atoms with Crippen molar-refractivity contribution < 1.29 is 85.1 Å². The van der Waals surface area contributed by atoms with Gasteiger partial charge in [-0.25, -0.2) is 9.97 Å². The zero-order valence-electron chi connectivity index (χ0n) is 56.3. The number of ether oxygens (including phenoxy) is 2. The highest BCUT2D eigenvalue weighted by molar-refractivity contribution is 5.93. The Balaban J connectivity index is 0.000000266. The molecule has 1 unspecified atom stereocenters. The number of aliphatic hydroxyl groups excluding tert-OH is 12. The molecule has 16 atom stereocenters. The summed E-state index contributed by atoms with van der Waals surface area (Å²) in [6, 6.07) is 54.2. The SMILES string of the molecule is O=C(CCCCCCCCCCNC(=O)[C@H](O)[C@H](O)[C@@H](O)[C@H](O)[C@H](O)CO)Nc1ccccc1[C@@H](Nc1ccccn1)[C@H](c1ccccn1)C(O)c1ccccc1.O=C(CO[C@@H]1O[C@H](CO)[C@@H](O)[C@H](O)[C@H]1O)Nc1ccccc1[C@@H](Nc1ccccn1)[C@H](c1ccccn1)[C@H](O)c1ccccc1. The lowest BCUT2D eigenvalue weighted by Gasteiger charge is -2.39. The number of rotatable bonds is 37. The minimum Gasteiger partial charge on any atom is -0.394 e. The van der Waals surface area contributed by atoms with Crippen molar-refractivity contribution in [2.45, 2.75) is 155 Å². The normalized spacial score (nSPS) is 19.1. The highest BCUT2D eigenvalue weighted by Gasteiger charge is 2.45. The van der Waals surface area contributed by atoms with Crippen LogP contribution in [0.25, 0.3) is 0 Å². The summed E-state index contributed by atoms with van der Waals surface area (Å²) in [5.74, 6) is -1.69. The number of aromatic nitrogens is 4. The Hall–Kier alpha value is -9.07. The highest BCUT2D eigenvalue weighted by Crippen LogP contribution is 2.46. The lowest BCUT2D eigenvalue weighted by Crippen LogP contribution is -2.59. The molecule has 1 aliphatic rings. The van der Waals surface area contributed by atoms with Crippen molar-refractivity contribution in [1.82, 2.24) is 25.3 Å². The molecule has 0 aliphatic carbocycles.